The Morgan fingerprint density at radius 2 is 1.66 bits per heavy atom. The molecule has 5 nitrogen and oxygen atoms in total. The molecule has 160 valence electrons. The Balaban J connectivity index is 2.43. The molecular formula is C16H13F8N3O2. The Bertz CT molecular complexity index is 918. The third kappa shape index (κ3) is 3.96. The van der Waals surface area contributed by atoms with Gasteiger partial charge < -0.3 is 5.21 Å². The van der Waals surface area contributed by atoms with Crippen molar-refractivity contribution < 1.29 is 40.2 Å². The zero-order chi connectivity index (χ0) is 22.2. The maximum absolute atomic E-state index is 13.8. The summed E-state index contributed by atoms with van der Waals surface area (Å²) in [6, 6.07) is 1.90. The summed E-state index contributed by atoms with van der Waals surface area (Å²) in [5, 5.41) is 8.70. The highest BCUT2D eigenvalue weighted by Gasteiger charge is 2.80. The average Bonchev–Trinajstić information content (AvgIpc) is 2.64. The van der Waals surface area contributed by atoms with Crippen molar-refractivity contribution in [2.24, 2.45) is 0 Å². The van der Waals surface area contributed by atoms with E-state index in [0.717, 1.165) is 6.92 Å². The Kier molecular flexibility index (Phi) is 6.04. The van der Waals surface area contributed by atoms with Gasteiger partial charge in [-0.15, -0.1) is 8.78 Å². The molecule has 1 aromatic heterocycles. The number of aromatic nitrogens is 2. The number of benzene rings is 1. The van der Waals surface area contributed by atoms with Gasteiger partial charge in [-0.3, -0.25) is 9.78 Å². The number of H-pyrrole nitrogens is 1. The maximum atomic E-state index is 13.8. The lowest BCUT2D eigenvalue weighted by molar-refractivity contribution is -0.909. The van der Waals surface area contributed by atoms with Gasteiger partial charge in [0.25, 0.3) is 5.56 Å². The van der Waals surface area contributed by atoms with E-state index in [4.69, 9.17) is 0 Å². The minimum Gasteiger partial charge on any atom is -0.622 e. The molecule has 0 saturated heterocycles. The van der Waals surface area contributed by atoms with Gasteiger partial charge in [-0.2, -0.15) is 22.5 Å². The number of quaternary nitrogens is 1. The normalized spacial score (nSPS) is 14.3. The number of nitrogens with zero attached hydrogens (tertiary/aromatic N) is 1. The first-order valence-corrected chi connectivity index (χ1v) is 7.83. The first kappa shape index (κ1) is 22.7. The molecule has 0 saturated carbocycles. The molecule has 0 aliphatic rings. The van der Waals surface area contributed by atoms with Gasteiger partial charge >= 0.3 is 30.3 Å². The van der Waals surface area contributed by atoms with E-state index in [1.54, 1.807) is 30.3 Å². The van der Waals surface area contributed by atoms with Gasteiger partial charge in [0.05, 0.1) is 5.69 Å². The van der Waals surface area contributed by atoms with Crippen LogP contribution in [0.5, 0.6) is 0 Å². The standard InChI is InChI=1S/C16H13F8N3O2/c1-8-10(7-9-5-3-2-4-6-9)11(28)26-13(25-8)27(29)16(23,24)15(21,22)14(19,20)12(17)18/h2-6,12,27H,7H2,1H3,(H,25,26,28). The second-order valence-corrected chi connectivity index (χ2v) is 6.04. The molecule has 13 heteroatoms. The fourth-order valence-corrected chi connectivity index (χ4v) is 2.36. The Hall–Kier alpha value is -2.54. The molecule has 0 aliphatic carbocycles. The molecule has 1 atom stereocenters. The van der Waals surface area contributed by atoms with Crippen molar-refractivity contribution in [3.8, 4) is 0 Å². The van der Waals surface area contributed by atoms with Crippen molar-refractivity contribution in [3.05, 3.63) is 62.7 Å². The summed E-state index contributed by atoms with van der Waals surface area (Å²) in [5.41, 5.74) is -0.957. The van der Waals surface area contributed by atoms with E-state index in [1.165, 1.54) is 4.98 Å². The number of rotatable bonds is 7. The van der Waals surface area contributed by atoms with Crippen LogP contribution in [-0.2, 0) is 6.42 Å². The van der Waals surface area contributed by atoms with Crippen molar-refractivity contribution in [2.45, 2.75) is 37.7 Å². The highest BCUT2D eigenvalue weighted by molar-refractivity contribution is 5.28. The van der Waals surface area contributed by atoms with E-state index in [-0.39, 0.29) is 17.7 Å². The molecule has 0 bridgehead atoms. The van der Waals surface area contributed by atoms with Crippen LogP contribution in [0.4, 0.5) is 41.1 Å². The van der Waals surface area contributed by atoms with Crippen molar-refractivity contribution in [1.29, 1.82) is 0 Å². The SMILES string of the molecule is Cc1nc([NH+]([O-])C(F)(F)C(F)(F)C(F)(F)C(F)F)[nH]c(=O)c1Cc1ccccc1. The van der Waals surface area contributed by atoms with Crippen LogP contribution in [0.15, 0.2) is 35.1 Å². The second kappa shape index (κ2) is 7.71. The van der Waals surface area contributed by atoms with Crippen LogP contribution in [0.2, 0.25) is 0 Å². The number of aromatic amines is 1. The van der Waals surface area contributed by atoms with E-state index in [1.807, 2.05) is 0 Å². The first-order valence-electron chi connectivity index (χ1n) is 7.83. The Morgan fingerprint density at radius 3 is 2.14 bits per heavy atom. The average molecular weight is 431 g/mol. The lowest BCUT2D eigenvalue weighted by Gasteiger charge is -2.36. The van der Waals surface area contributed by atoms with E-state index >= 15 is 0 Å². The summed E-state index contributed by atoms with van der Waals surface area (Å²) in [6.45, 7) is 1.11. The minimum atomic E-state index is -6.74. The number of hydroxylamine groups is 1. The van der Waals surface area contributed by atoms with E-state index in [0.29, 0.717) is 5.56 Å². The van der Waals surface area contributed by atoms with Crippen molar-refractivity contribution in [1.82, 2.24) is 9.97 Å². The lowest BCUT2D eigenvalue weighted by atomic mass is 10.1. The molecule has 0 aliphatic heterocycles. The molecule has 0 fully saturated rings. The van der Waals surface area contributed by atoms with Crippen LogP contribution >= 0.6 is 0 Å². The van der Waals surface area contributed by atoms with Gasteiger partial charge in [-0.05, 0) is 12.5 Å². The highest BCUT2D eigenvalue weighted by Crippen LogP contribution is 2.46. The van der Waals surface area contributed by atoms with Crippen molar-refractivity contribution in [2.75, 3.05) is 0 Å². The zero-order valence-electron chi connectivity index (χ0n) is 14.5. The summed E-state index contributed by atoms with van der Waals surface area (Å²) in [4.78, 5) is 16.9. The number of aryl methyl sites for hydroxylation is 1. The molecule has 1 aromatic carbocycles. The number of halogens is 8. The predicted octanol–water partition coefficient (Wildman–Crippen LogP) is 2.81. The Morgan fingerprint density at radius 1 is 1.10 bits per heavy atom. The summed E-state index contributed by atoms with van der Waals surface area (Å²) < 4.78 is 105. The first-order chi connectivity index (χ1) is 13.2. The second-order valence-electron chi connectivity index (χ2n) is 6.04. The molecule has 29 heavy (non-hydrogen) atoms. The van der Waals surface area contributed by atoms with Crippen LogP contribution in [-0.4, -0.2) is 34.3 Å². The smallest absolute Gasteiger partial charge is 0.467 e. The van der Waals surface area contributed by atoms with Crippen LogP contribution in [0.3, 0.4) is 0 Å². The fourth-order valence-electron chi connectivity index (χ4n) is 2.36. The summed E-state index contributed by atoms with van der Waals surface area (Å²) in [5.74, 6) is -14.9. The predicted molar refractivity (Wildman–Crippen MR) is 83.7 cm³/mol. The number of alkyl halides is 8. The largest absolute Gasteiger partial charge is 0.622 e. The lowest BCUT2D eigenvalue weighted by Crippen LogP contribution is -3.14. The van der Waals surface area contributed by atoms with Gasteiger partial charge in [-0.25, -0.2) is 13.8 Å². The summed E-state index contributed by atoms with van der Waals surface area (Å²) >= 11 is 0. The van der Waals surface area contributed by atoms with Gasteiger partial charge in [0.2, 0.25) is 0 Å². The van der Waals surface area contributed by atoms with Gasteiger partial charge in [-0.1, -0.05) is 30.3 Å². The molecule has 2 rings (SSSR count). The van der Waals surface area contributed by atoms with Crippen LogP contribution in [0.1, 0.15) is 16.8 Å². The summed E-state index contributed by atoms with van der Waals surface area (Å²) in [6.07, 6.45) is -5.22. The van der Waals surface area contributed by atoms with Gasteiger partial charge in [0.1, 0.15) is 0 Å². The Labute approximate surface area is 157 Å². The van der Waals surface area contributed by atoms with E-state index in [9.17, 15) is 45.1 Å². The molecule has 0 radical (unpaired) electrons. The highest BCUT2D eigenvalue weighted by atomic mass is 19.4. The number of hydrogen-bond acceptors (Lipinski definition) is 3. The van der Waals surface area contributed by atoms with Crippen LogP contribution < -0.4 is 10.6 Å². The quantitative estimate of drug-likeness (QED) is 0.402. The van der Waals surface area contributed by atoms with Gasteiger partial charge in [0.15, 0.2) is 0 Å². The van der Waals surface area contributed by atoms with Gasteiger partial charge in [0, 0.05) is 12.0 Å². The number of hydrogen-bond donors (Lipinski definition) is 2. The third-order valence-corrected chi connectivity index (χ3v) is 4.03. The minimum absolute atomic E-state index is 0.0561. The molecule has 0 amide bonds. The summed E-state index contributed by atoms with van der Waals surface area (Å²) in [7, 11) is 0. The van der Waals surface area contributed by atoms with Crippen molar-refractivity contribution in [3.63, 3.8) is 0 Å². The third-order valence-electron chi connectivity index (χ3n) is 4.03. The topological polar surface area (TPSA) is 73.2 Å². The fraction of sp³-hybridized carbons (Fsp3) is 0.375. The number of nitrogens with one attached hydrogen (secondary N) is 2. The molecule has 2 N–H and O–H groups in total. The van der Waals surface area contributed by atoms with E-state index < -0.39 is 40.9 Å². The molecule has 1 unspecified atom stereocenters. The van der Waals surface area contributed by atoms with E-state index in [2.05, 4.69) is 4.98 Å². The van der Waals surface area contributed by atoms with Crippen molar-refractivity contribution >= 4 is 5.95 Å². The molecular weight excluding hydrogens is 418 g/mol. The molecule has 1 heterocycles. The maximum Gasteiger partial charge on any atom is 0.467 e. The zero-order valence-corrected chi connectivity index (χ0v) is 14.5. The molecule has 0 spiro atoms. The van der Waals surface area contributed by atoms with Crippen LogP contribution in [0, 0.1) is 12.1 Å². The monoisotopic (exact) mass is 431 g/mol. The van der Waals surface area contributed by atoms with Crippen LogP contribution in [0.25, 0.3) is 0 Å². The molecule has 2 aromatic rings.